The Morgan fingerprint density at radius 3 is 3.00 bits per heavy atom. The molecule has 18 heavy (non-hydrogen) atoms. The number of methoxy groups -OCH3 is 1. The highest BCUT2D eigenvalue weighted by Gasteiger charge is 2.15. The first kappa shape index (κ1) is 15.9. The molecular formula is C13H29N3O2. The second-order valence-electron chi connectivity index (χ2n) is 5.11. The summed E-state index contributed by atoms with van der Waals surface area (Å²) in [6.45, 7) is 8.79. The molecule has 0 aromatic rings. The lowest BCUT2D eigenvalue weighted by Gasteiger charge is -2.27. The van der Waals surface area contributed by atoms with Crippen LogP contribution in [0.4, 0.5) is 0 Å². The van der Waals surface area contributed by atoms with Gasteiger partial charge in [-0.3, -0.25) is 0 Å². The molecule has 0 aliphatic carbocycles. The molecule has 1 fully saturated rings. The Morgan fingerprint density at radius 1 is 1.50 bits per heavy atom. The van der Waals surface area contributed by atoms with E-state index in [9.17, 15) is 0 Å². The first-order valence-electron chi connectivity index (χ1n) is 6.94. The van der Waals surface area contributed by atoms with Crippen LogP contribution in [0.2, 0.25) is 0 Å². The van der Waals surface area contributed by atoms with E-state index in [-0.39, 0.29) is 0 Å². The predicted octanol–water partition coefficient (Wildman–Crippen LogP) is -0.0788. The molecule has 2 atom stereocenters. The lowest BCUT2D eigenvalue weighted by Crippen LogP contribution is -2.45. The van der Waals surface area contributed by atoms with Gasteiger partial charge in [-0.25, -0.2) is 0 Å². The first-order chi connectivity index (χ1) is 8.72. The van der Waals surface area contributed by atoms with Crippen LogP contribution in [-0.2, 0) is 9.47 Å². The molecule has 0 bridgehead atoms. The molecule has 2 unspecified atom stereocenters. The molecular weight excluding hydrogens is 230 g/mol. The molecule has 5 heteroatoms. The van der Waals surface area contributed by atoms with E-state index < -0.39 is 0 Å². The van der Waals surface area contributed by atoms with Crippen molar-refractivity contribution in [3.05, 3.63) is 0 Å². The number of ether oxygens (including phenoxy) is 2. The first-order valence-corrected chi connectivity index (χ1v) is 6.94. The number of morpholine rings is 1. The number of hydrogen-bond donors (Lipinski definition) is 2. The second-order valence-corrected chi connectivity index (χ2v) is 5.11. The Kier molecular flexibility index (Phi) is 8.54. The van der Waals surface area contributed by atoms with Crippen LogP contribution in [0.25, 0.3) is 0 Å². The Bertz CT molecular complexity index is 199. The van der Waals surface area contributed by atoms with Crippen molar-refractivity contribution >= 4 is 0 Å². The molecule has 0 aromatic carbocycles. The van der Waals surface area contributed by atoms with E-state index in [1.54, 1.807) is 7.11 Å². The summed E-state index contributed by atoms with van der Waals surface area (Å²) in [6, 6.07) is 1.03. The number of hydrogen-bond acceptors (Lipinski definition) is 5. The zero-order chi connectivity index (χ0) is 13.2. The smallest absolute Gasteiger partial charge is 0.0620 e. The second kappa shape index (κ2) is 9.69. The molecule has 1 rings (SSSR count). The van der Waals surface area contributed by atoms with Crippen molar-refractivity contribution in [3.63, 3.8) is 0 Å². The van der Waals surface area contributed by atoms with Crippen LogP contribution in [0.5, 0.6) is 0 Å². The molecule has 1 heterocycles. The maximum Gasteiger partial charge on any atom is 0.0620 e. The van der Waals surface area contributed by atoms with Gasteiger partial charge >= 0.3 is 0 Å². The monoisotopic (exact) mass is 259 g/mol. The summed E-state index contributed by atoms with van der Waals surface area (Å²) in [5.74, 6) is 0. The van der Waals surface area contributed by atoms with Crippen LogP contribution in [0.3, 0.4) is 0 Å². The molecule has 5 nitrogen and oxygen atoms in total. The van der Waals surface area contributed by atoms with Gasteiger partial charge in [0.05, 0.1) is 19.8 Å². The van der Waals surface area contributed by atoms with Crippen molar-refractivity contribution in [1.29, 1.82) is 0 Å². The SMILES string of the molecule is COCCN(C)CCNC(C)CC1COCCN1. The molecule has 108 valence electrons. The summed E-state index contributed by atoms with van der Waals surface area (Å²) in [5, 5.41) is 7.04. The molecule has 0 spiro atoms. The van der Waals surface area contributed by atoms with Gasteiger partial charge < -0.3 is 25.0 Å². The van der Waals surface area contributed by atoms with Crippen LogP contribution in [0, 0.1) is 0 Å². The van der Waals surface area contributed by atoms with Gasteiger partial charge in [0.15, 0.2) is 0 Å². The fraction of sp³-hybridized carbons (Fsp3) is 1.00. The minimum atomic E-state index is 0.507. The molecule has 2 N–H and O–H groups in total. The Balaban J connectivity index is 2.00. The van der Waals surface area contributed by atoms with E-state index in [0.29, 0.717) is 12.1 Å². The average molecular weight is 259 g/mol. The summed E-state index contributed by atoms with van der Waals surface area (Å²) in [7, 11) is 3.87. The molecule has 0 saturated carbocycles. The quantitative estimate of drug-likeness (QED) is 0.606. The number of nitrogens with zero attached hydrogens (tertiary/aromatic N) is 1. The van der Waals surface area contributed by atoms with Gasteiger partial charge in [-0.1, -0.05) is 0 Å². The van der Waals surface area contributed by atoms with Crippen molar-refractivity contribution in [3.8, 4) is 0 Å². The van der Waals surface area contributed by atoms with Crippen LogP contribution < -0.4 is 10.6 Å². The normalized spacial score (nSPS) is 22.3. The van der Waals surface area contributed by atoms with E-state index in [2.05, 4.69) is 29.5 Å². The fourth-order valence-electron chi connectivity index (χ4n) is 2.14. The minimum absolute atomic E-state index is 0.507. The zero-order valence-electron chi connectivity index (χ0n) is 12.1. The van der Waals surface area contributed by atoms with Crippen LogP contribution >= 0.6 is 0 Å². The Labute approximate surface area is 111 Å². The van der Waals surface area contributed by atoms with Gasteiger partial charge in [0.2, 0.25) is 0 Å². The molecule has 1 saturated heterocycles. The van der Waals surface area contributed by atoms with E-state index in [1.165, 1.54) is 0 Å². The van der Waals surface area contributed by atoms with E-state index >= 15 is 0 Å². The van der Waals surface area contributed by atoms with Gasteiger partial charge in [0.25, 0.3) is 0 Å². The van der Waals surface area contributed by atoms with Crippen molar-refractivity contribution in [2.75, 3.05) is 60.2 Å². The third kappa shape index (κ3) is 7.28. The summed E-state index contributed by atoms with van der Waals surface area (Å²) in [6.07, 6.45) is 1.13. The summed E-state index contributed by atoms with van der Waals surface area (Å²) in [5.41, 5.74) is 0. The van der Waals surface area contributed by atoms with Crippen LogP contribution in [-0.4, -0.2) is 77.1 Å². The fourth-order valence-corrected chi connectivity index (χ4v) is 2.14. The van der Waals surface area contributed by atoms with Crippen molar-refractivity contribution < 1.29 is 9.47 Å². The largest absolute Gasteiger partial charge is 0.383 e. The summed E-state index contributed by atoms with van der Waals surface area (Å²) < 4.78 is 10.5. The third-order valence-electron chi connectivity index (χ3n) is 3.30. The predicted molar refractivity (Wildman–Crippen MR) is 74.1 cm³/mol. The maximum absolute atomic E-state index is 5.46. The van der Waals surface area contributed by atoms with E-state index in [1.807, 2.05) is 0 Å². The highest BCUT2D eigenvalue weighted by molar-refractivity contribution is 4.75. The Morgan fingerprint density at radius 2 is 2.33 bits per heavy atom. The topological polar surface area (TPSA) is 45.8 Å². The lowest BCUT2D eigenvalue weighted by molar-refractivity contribution is 0.0711. The van der Waals surface area contributed by atoms with Gasteiger partial charge in [0, 0.05) is 45.4 Å². The standard InChI is InChI=1S/C13H29N3O2/c1-12(10-13-11-18-8-5-15-13)14-4-6-16(2)7-9-17-3/h12-15H,4-11H2,1-3H3. The van der Waals surface area contributed by atoms with Gasteiger partial charge in [0.1, 0.15) is 0 Å². The number of likely N-dealkylation sites (N-methyl/N-ethyl adjacent to an activating group) is 1. The van der Waals surface area contributed by atoms with E-state index in [0.717, 1.165) is 52.4 Å². The average Bonchev–Trinajstić information content (AvgIpc) is 2.37. The zero-order valence-corrected chi connectivity index (χ0v) is 12.1. The molecule has 0 amide bonds. The molecule has 1 aliphatic heterocycles. The van der Waals surface area contributed by atoms with Gasteiger partial charge in [-0.05, 0) is 20.4 Å². The van der Waals surface area contributed by atoms with Crippen LogP contribution in [0.1, 0.15) is 13.3 Å². The van der Waals surface area contributed by atoms with Gasteiger partial charge in [-0.15, -0.1) is 0 Å². The van der Waals surface area contributed by atoms with Gasteiger partial charge in [-0.2, -0.15) is 0 Å². The number of nitrogens with one attached hydrogen (secondary N) is 2. The summed E-state index contributed by atoms with van der Waals surface area (Å²) in [4.78, 5) is 2.28. The highest BCUT2D eigenvalue weighted by atomic mass is 16.5. The van der Waals surface area contributed by atoms with E-state index in [4.69, 9.17) is 9.47 Å². The Hall–Kier alpha value is -0.200. The molecule has 0 aromatic heterocycles. The third-order valence-corrected chi connectivity index (χ3v) is 3.30. The summed E-state index contributed by atoms with van der Waals surface area (Å²) >= 11 is 0. The van der Waals surface area contributed by atoms with Crippen molar-refractivity contribution in [2.24, 2.45) is 0 Å². The lowest BCUT2D eigenvalue weighted by atomic mass is 10.1. The highest BCUT2D eigenvalue weighted by Crippen LogP contribution is 2.02. The van der Waals surface area contributed by atoms with Crippen LogP contribution in [0.15, 0.2) is 0 Å². The molecule has 1 aliphatic rings. The van der Waals surface area contributed by atoms with Crippen molar-refractivity contribution in [2.45, 2.75) is 25.4 Å². The minimum Gasteiger partial charge on any atom is -0.383 e. The van der Waals surface area contributed by atoms with Crippen molar-refractivity contribution in [1.82, 2.24) is 15.5 Å². The maximum atomic E-state index is 5.46. The molecule has 0 radical (unpaired) electrons. The number of rotatable bonds is 9.